The second-order valence-corrected chi connectivity index (χ2v) is 5.26. The first-order valence-corrected chi connectivity index (χ1v) is 7.80. The molecule has 3 rings (SSSR count). The Morgan fingerprint density at radius 3 is 2.72 bits per heavy atom. The molecule has 0 spiro atoms. The molecule has 1 heterocycles. The highest BCUT2D eigenvalue weighted by Gasteiger charge is 2.14. The van der Waals surface area contributed by atoms with Crippen molar-refractivity contribution in [1.82, 2.24) is 4.98 Å². The third-order valence-corrected chi connectivity index (χ3v) is 3.62. The number of carbonyl (C=O) groups is 1. The first-order chi connectivity index (χ1) is 12.1. The van der Waals surface area contributed by atoms with E-state index in [0.29, 0.717) is 34.6 Å². The predicted octanol–water partition coefficient (Wildman–Crippen LogP) is 4.30. The molecule has 128 valence electrons. The molecule has 1 aromatic heterocycles. The van der Waals surface area contributed by atoms with Crippen LogP contribution in [-0.4, -0.2) is 24.7 Å². The predicted molar refractivity (Wildman–Crippen MR) is 93.9 cm³/mol. The quantitative estimate of drug-likeness (QED) is 0.702. The number of esters is 1. The Bertz CT molecular complexity index is 928. The Labute approximate surface area is 144 Å². The maximum absolute atomic E-state index is 13.7. The molecule has 0 aliphatic carbocycles. The van der Waals surface area contributed by atoms with Crippen LogP contribution in [0.2, 0.25) is 0 Å². The number of methoxy groups -OCH3 is 1. The van der Waals surface area contributed by atoms with Crippen LogP contribution in [0, 0.1) is 5.82 Å². The van der Waals surface area contributed by atoms with E-state index in [-0.39, 0.29) is 11.5 Å². The van der Waals surface area contributed by atoms with Crippen LogP contribution in [0.25, 0.3) is 10.9 Å². The Morgan fingerprint density at radius 1 is 1.16 bits per heavy atom. The van der Waals surface area contributed by atoms with E-state index in [1.54, 1.807) is 0 Å². The molecule has 6 heteroatoms. The smallest absolute Gasteiger partial charge is 0.356 e. The fourth-order valence-electron chi connectivity index (χ4n) is 2.51. The summed E-state index contributed by atoms with van der Waals surface area (Å²) < 4.78 is 24.1. The van der Waals surface area contributed by atoms with Crippen molar-refractivity contribution in [3.8, 4) is 5.75 Å². The van der Waals surface area contributed by atoms with Gasteiger partial charge in [0.25, 0.3) is 0 Å². The Kier molecular flexibility index (Phi) is 4.79. The van der Waals surface area contributed by atoms with E-state index in [1.165, 1.54) is 31.4 Å². The average molecular weight is 340 g/mol. The maximum atomic E-state index is 13.7. The van der Waals surface area contributed by atoms with E-state index in [1.807, 2.05) is 31.2 Å². The van der Waals surface area contributed by atoms with Gasteiger partial charge in [-0.25, -0.2) is 14.2 Å². The molecule has 0 atom stereocenters. The summed E-state index contributed by atoms with van der Waals surface area (Å²) in [4.78, 5) is 16.1. The number of anilines is 2. The number of nitrogens with zero attached hydrogens (tertiary/aromatic N) is 1. The van der Waals surface area contributed by atoms with Crippen LogP contribution in [-0.2, 0) is 4.74 Å². The van der Waals surface area contributed by atoms with Crippen LogP contribution in [0.1, 0.15) is 17.4 Å². The van der Waals surface area contributed by atoms with Crippen LogP contribution >= 0.6 is 0 Å². The molecule has 5 nitrogen and oxygen atoms in total. The van der Waals surface area contributed by atoms with Crippen LogP contribution < -0.4 is 10.1 Å². The maximum Gasteiger partial charge on any atom is 0.356 e. The lowest BCUT2D eigenvalue weighted by molar-refractivity contribution is 0.0594. The number of para-hydroxylation sites is 2. The van der Waals surface area contributed by atoms with Gasteiger partial charge in [-0.1, -0.05) is 12.1 Å². The highest BCUT2D eigenvalue weighted by atomic mass is 19.1. The molecular formula is C19H17FN2O3. The lowest BCUT2D eigenvalue weighted by Gasteiger charge is -2.14. The number of halogens is 1. The number of rotatable bonds is 5. The fraction of sp³-hybridized carbons (Fsp3) is 0.158. The number of hydrogen-bond donors (Lipinski definition) is 1. The monoisotopic (exact) mass is 340 g/mol. The van der Waals surface area contributed by atoms with Crippen LogP contribution in [0.15, 0.2) is 48.5 Å². The molecule has 0 saturated carbocycles. The van der Waals surface area contributed by atoms with Crippen molar-refractivity contribution in [3.05, 3.63) is 60.0 Å². The third-order valence-electron chi connectivity index (χ3n) is 3.62. The summed E-state index contributed by atoms with van der Waals surface area (Å²) in [5, 5.41) is 3.76. The highest BCUT2D eigenvalue weighted by molar-refractivity contribution is 5.99. The molecule has 0 aliphatic heterocycles. The fourth-order valence-corrected chi connectivity index (χ4v) is 2.51. The van der Waals surface area contributed by atoms with E-state index >= 15 is 0 Å². The molecule has 2 aromatic carbocycles. The van der Waals surface area contributed by atoms with E-state index in [2.05, 4.69) is 10.3 Å². The minimum absolute atomic E-state index is 0.137. The van der Waals surface area contributed by atoms with Gasteiger partial charge in [-0.3, -0.25) is 0 Å². The van der Waals surface area contributed by atoms with E-state index < -0.39 is 5.97 Å². The van der Waals surface area contributed by atoms with Gasteiger partial charge in [0.2, 0.25) is 0 Å². The van der Waals surface area contributed by atoms with E-state index in [9.17, 15) is 9.18 Å². The molecular weight excluding hydrogens is 323 g/mol. The van der Waals surface area contributed by atoms with Crippen LogP contribution in [0.5, 0.6) is 5.75 Å². The highest BCUT2D eigenvalue weighted by Crippen LogP contribution is 2.32. The van der Waals surface area contributed by atoms with Crippen molar-refractivity contribution in [2.24, 2.45) is 0 Å². The first-order valence-electron chi connectivity index (χ1n) is 7.80. The number of hydrogen-bond acceptors (Lipinski definition) is 5. The second-order valence-electron chi connectivity index (χ2n) is 5.26. The summed E-state index contributed by atoms with van der Waals surface area (Å²) in [6.07, 6.45) is 0. The number of aromatic nitrogens is 1. The second kappa shape index (κ2) is 7.17. The average Bonchev–Trinajstić information content (AvgIpc) is 2.63. The van der Waals surface area contributed by atoms with Gasteiger partial charge in [0.15, 0.2) is 5.69 Å². The van der Waals surface area contributed by atoms with Crippen LogP contribution in [0.3, 0.4) is 0 Å². The zero-order valence-electron chi connectivity index (χ0n) is 13.9. The summed E-state index contributed by atoms with van der Waals surface area (Å²) >= 11 is 0. The van der Waals surface area contributed by atoms with Crippen LogP contribution in [0.4, 0.5) is 15.8 Å². The number of pyridine rings is 1. The van der Waals surface area contributed by atoms with Gasteiger partial charge in [-0.15, -0.1) is 0 Å². The van der Waals surface area contributed by atoms with Gasteiger partial charge in [-0.05, 0) is 43.3 Å². The van der Waals surface area contributed by atoms with Gasteiger partial charge in [-0.2, -0.15) is 0 Å². The number of fused-ring (bicyclic) bond motifs is 1. The van der Waals surface area contributed by atoms with E-state index in [4.69, 9.17) is 9.47 Å². The molecule has 25 heavy (non-hydrogen) atoms. The minimum Gasteiger partial charge on any atom is -0.492 e. The Hall–Kier alpha value is -3.15. The lowest BCUT2D eigenvalue weighted by atomic mass is 10.1. The molecule has 1 N–H and O–H groups in total. The van der Waals surface area contributed by atoms with Crippen molar-refractivity contribution < 1.29 is 18.7 Å². The number of benzene rings is 2. The normalized spacial score (nSPS) is 10.5. The minimum atomic E-state index is -0.563. The molecule has 3 aromatic rings. The zero-order chi connectivity index (χ0) is 17.8. The van der Waals surface area contributed by atoms with Gasteiger partial charge < -0.3 is 14.8 Å². The molecule has 0 fully saturated rings. The zero-order valence-corrected chi connectivity index (χ0v) is 13.9. The largest absolute Gasteiger partial charge is 0.492 e. The Balaban J connectivity index is 2.13. The molecule has 0 amide bonds. The number of ether oxygens (including phenoxy) is 2. The van der Waals surface area contributed by atoms with Crippen molar-refractivity contribution >= 4 is 28.2 Å². The van der Waals surface area contributed by atoms with E-state index in [0.717, 1.165) is 0 Å². The molecule has 0 bridgehead atoms. The summed E-state index contributed by atoms with van der Waals surface area (Å²) in [5.74, 6) is -0.292. The lowest BCUT2D eigenvalue weighted by Crippen LogP contribution is -2.06. The van der Waals surface area contributed by atoms with Crippen molar-refractivity contribution in [1.29, 1.82) is 0 Å². The summed E-state index contributed by atoms with van der Waals surface area (Å²) in [6, 6.07) is 13.1. The number of carbonyl (C=O) groups excluding carboxylic acids is 1. The molecule has 0 unspecified atom stereocenters. The summed E-state index contributed by atoms with van der Waals surface area (Å²) in [7, 11) is 1.29. The van der Waals surface area contributed by atoms with Gasteiger partial charge in [0, 0.05) is 5.39 Å². The van der Waals surface area contributed by atoms with Gasteiger partial charge in [0.05, 0.1) is 30.6 Å². The van der Waals surface area contributed by atoms with Crippen molar-refractivity contribution in [2.75, 3.05) is 19.0 Å². The molecule has 0 aliphatic rings. The summed E-state index contributed by atoms with van der Waals surface area (Å²) in [6.45, 7) is 2.40. The topological polar surface area (TPSA) is 60.5 Å². The number of nitrogens with one attached hydrogen (secondary N) is 1. The van der Waals surface area contributed by atoms with Crippen molar-refractivity contribution in [2.45, 2.75) is 6.92 Å². The van der Waals surface area contributed by atoms with Crippen molar-refractivity contribution in [3.63, 3.8) is 0 Å². The first kappa shape index (κ1) is 16.7. The SMILES string of the molecule is CCOc1ccccc1Nc1cc(C(=O)OC)nc2ccc(F)cc12. The van der Waals surface area contributed by atoms with Gasteiger partial charge in [0.1, 0.15) is 11.6 Å². The Morgan fingerprint density at radius 2 is 1.96 bits per heavy atom. The summed E-state index contributed by atoms with van der Waals surface area (Å²) in [5.41, 5.74) is 1.87. The van der Waals surface area contributed by atoms with Gasteiger partial charge >= 0.3 is 5.97 Å². The molecule has 0 saturated heterocycles. The standard InChI is InChI=1S/C19H17FN2O3/c1-3-25-18-7-5-4-6-15(18)22-16-11-17(19(23)24-2)21-14-9-8-12(20)10-13(14)16/h4-11H,3H2,1-2H3,(H,21,22). The molecule has 0 radical (unpaired) electrons. The third kappa shape index (κ3) is 3.52.